The van der Waals surface area contributed by atoms with Crippen molar-refractivity contribution in [3.63, 3.8) is 0 Å². The van der Waals surface area contributed by atoms with Crippen LogP contribution in [0.2, 0.25) is 0 Å². The van der Waals surface area contributed by atoms with E-state index in [1.54, 1.807) is 12.4 Å². The highest BCUT2D eigenvalue weighted by Crippen LogP contribution is 2.11. The predicted molar refractivity (Wildman–Crippen MR) is 85.4 cm³/mol. The number of benzene rings is 1. The first-order chi connectivity index (χ1) is 10.2. The van der Waals surface area contributed by atoms with E-state index in [0.29, 0.717) is 18.7 Å². The highest BCUT2D eigenvalue weighted by Gasteiger charge is 2.05. The minimum Gasteiger partial charge on any atom is -0.380 e. The fourth-order valence-electron chi connectivity index (χ4n) is 2.03. The Labute approximate surface area is 125 Å². The van der Waals surface area contributed by atoms with Gasteiger partial charge in [0.15, 0.2) is 0 Å². The molecule has 1 heterocycles. The molecule has 1 aromatic carbocycles. The molecule has 0 saturated heterocycles. The monoisotopic (exact) mass is 283 g/mol. The molecule has 1 amide bonds. The maximum Gasteiger partial charge on any atom is 0.252 e. The van der Waals surface area contributed by atoms with Gasteiger partial charge in [-0.15, -0.1) is 0 Å². The molecule has 0 spiro atoms. The van der Waals surface area contributed by atoms with Crippen LogP contribution in [0.5, 0.6) is 0 Å². The third-order valence-electron chi connectivity index (χ3n) is 3.12. The molecule has 4 nitrogen and oxygen atoms in total. The lowest BCUT2D eigenvalue weighted by molar-refractivity contribution is 0.0953. The first-order valence-electron chi connectivity index (χ1n) is 7.21. The van der Waals surface area contributed by atoms with Gasteiger partial charge >= 0.3 is 0 Å². The highest BCUT2D eigenvalue weighted by molar-refractivity contribution is 5.94. The molecule has 110 valence electrons. The third-order valence-corrected chi connectivity index (χ3v) is 3.12. The van der Waals surface area contributed by atoms with E-state index in [-0.39, 0.29) is 5.91 Å². The summed E-state index contributed by atoms with van der Waals surface area (Å²) in [6, 6.07) is 10.2. The molecule has 2 N–H and O–H groups in total. The number of carbonyl (C=O) groups excluding carboxylic acids is 1. The van der Waals surface area contributed by atoms with Crippen LogP contribution in [0.4, 0.5) is 5.69 Å². The van der Waals surface area contributed by atoms with Gasteiger partial charge in [0.2, 0.25) is 0 Å². The second-order valence-electron chi connectivity index (χ2n) is 5.06. The molecule has 0 aliphatic rings. The molecule has 21 heavy (non-hydrogen) atoms. The molecule has 0 aliphatic heterocycles. The average molecular weight is 283 g/mol. The summed E-state index contributed by atoms with van der Waals surface area (Å²) in [7, 11) is 0. The van der Waals surface area contributed by atoms with Gasteiger partial charge in [0.1, 0.15) is 0 Å². The summed E-state index contributed by atoms with van der Waals surface area (Å²) in [5.74, 6) is -0.0800. The van der Waals surface area contributed by atoms with E-state index in [1.165, 1.54) is 11.1 Å². The van der Waals surface area contributed by atoms with Gasteiger partial charge in [0.05, 0.1) is 11.3 Å². The maximum atomic E-state index is 11.9. The normalized spacial score (nSPS) is 10.2. The van der Waals surface area contributed by atoms with Gasteiger partial charge in [-0.3, -0.25) is 9.78 Å². The molecular weight excluding hydrogens is 262 g/mol. The summed E-state index contributed by atoms with van der Waals surface area (Å²) in [6.45, 7) is 5.49. The lowest BCUT2D eigenvalue weighted by Crippen LogP contribution is -2.24. The number of aryl methyl sites for hydroxylation is 1. The van der Waals surface area contributed by atoms with Crippen molar-refractivity contribution in [2.24, 2.45) is 0 Å². The van der Waals surface area contributed by atoms with Crippen LogP contribution in [0.1, 0.15) is 34.8 Å². The number of nitrogens with zero attached hydrogens (tertiary/aromatic N) is 1. The van der Waals surface area contributed by atoms with Gasteiger partial charge in [0.25, 0.3) is 5.91 Å². The van der Waals surface area contributed by atoms with E-state index in [4.69, 9.17) is 0 Å². The van der Waals surface area contributed by atoms with Gasteiger partial charge in [0, 0.05) is 25.5 Å². The lowest BCUT2D eigenvalue weighted by atomic mass is 10.1. The van der Waals surface area contributed by atoms with E-state index in [2.05, 4.69) is 40.7 Å². The van der Waals surface area contributed by atoms with Crippen LogP contribution in [-0.4, -0.2) is 17.4 Å². The smallest absolute Gasteiger partial charge is 0.252 e. The van der Waals surface area contributed by atoms with Crippen LogP contribution in [0.25, 0.3) is 0 Å². The van der Waals surface area contributed by atoms with E-state index in [0.717, 1.165) is 12.1 Å². The standard InChI is InChI=1S/C17H21N3O/c1-3-7-19-17(21)15-9-16(12-18-11-15)20-10-14-6-4-5-13(2)8-14/h4-6,8-9,11-12,20H,3,7,10H2,1-2H3,(H,19,21). The molecule has 2 rings (SSSR count). The number of nitrogens with one attached hydrogen (secondary N) is 2. The van der Waals surface area contributed by atoms with Crippen molar-refractivity contribution in [2.45, 2.75) is 26.8 Å². The van der Waals surface area contributed by atoms with E-state index < -0.39 is 0 Å². The summed E-state index contributed by atoms with van der Waals surface area (Å²) >= 11 is 0. The maximum absolute atomic E-state index is 11.9. The Balaban J connectivity index is 1.99. The Morgan fingerprint density at radius 1 is 1.24 bits per heavy atom. The highest BCUT2D eigenvalue weighted by atomic mass is 16.1. The van der Waals surface area contributed by atoms with E-state index >= 15 is 0 Å². The number of aromatic nitrogens is 1. The van der Waals surface area contributed by atoms with Crippen molar-refractivity contribution in [2.75, 3.05) is 11.9 Å². The second kappa shape index (κ2) is 7.43. The van der Waals surface area contributed by atoms with Crippen LogP contribution in [0, 0.1) is 6.92 Å². The van der Waals surface area contributed by atoms with Gasteiger partial charge in [-0.1, -0.05) is 36.8 Å². The number of carbonyl (C=O) groups is 1. The van der Waals surface area contributed by atoms with E-state index in [9.17, 15) is 4.79 Å². The molecule has 4 heteroatoms. The summed E-state index contributed by atoms with van der Waals surface area (Å²) in [4.78, 5) is 16.0. The lowest BCUT2D eigenvalue weighted by Gasteiger charge is -2.09. The van der Waals surface area contributed by atoms with Crippen LogP contribution in [0.15, 0.2) is 42.7 Å². The van der Waals surface area contributed by atoms with Crippen molar-refractivity contribution < 1.29 is 4.79 Å². The quantitative estimate of drug-likeness (QED) is 0.856. The summed E-state index contributed by atoms with van der Waals surface area (Å²) in [5, 5.41) is 6.15. The first-order valence-corrected chi connectivity index (χ1v) is 7.21. The van der Waals surface area contributed by atoms with Gasteiger partial charge in [-0.05, 0) is 25.0 Å². The zero-order valence-electron chi connectivity index (χ0n) is 12.5. The van der Waals surface area contributed by atoms with Crippen molar-refractivity contribution in [1.29, 1.82) is 0 Å². The third kappa shape index (κ3) is 4.60. The Morgan fingerprint density at radius 3 is 2.86 bits per heavy atom. The van der Waals surface area contributed by atoms with Gasteiger partial charge in [-0.2, -0.15) is 0 Å². The molecule has 0 saturated carbocycles. The minimum atomic E-state index is -0.0800. The van der Waals surface area contributed by atoms with Gasteiger partial charge < -0.3 is 10.6 Å². The first kappa shape index (κ1) is 15.0. The molecule has 0 atom stereocenters. The molecule has 2 aromatic rings. The largest absolute Gasteiger partial charge is 0.380 e. The molecular formula is C17H21N3O. The van der Waals surface area contributed by atoms with Crippen molar-refractivity contribution in [1.82, 2.24) is 10.3 Å². The molecule has 0 fully saturated rings. The fourth-order valence-corrected chi connectivity index (χ4v) is 2.03. The van der Waals surface area contributed by atoms with Crippen LogP contribution >= 0.6 is 0 Å². The molecule has 0 radical (unpaired) electrons. The van der Waals surface area contributed by atoms with Crippen molar-refractivity contribution in [3.8, 4) is 0 Å². The number of hydrogen-bond donors (Lipinski definition) is 2. The van der Waals surface area contributed by atoms with Crippen molar-refractivity contribution in [3.05, 3.63) is 59.4 Å². The number of anilines is 1. The Hall–Kier alpha value is -2.36. The molecule has 0 unspecified atom stereocenters. The van der Waals surface area contributed by atoms with Gasteiger partial charge in [-0.25, -0.2) is 0 Å². The molecule has 1 aromatic heterocycles. The Morgan fingerprint density at radius 2 is 2.10 bits per heavy atom. The topological polar surface area (TPSA) is 54.0 Å². The number of amides is 1. The van der Waals surface area contributed by atoms with Crippen molar-refractivity contribution >= 4 is 11.6 Å². The summed E-state index contributed by atoms with van der Waals surface area (Å²) in [6.07, 6.45) is 4.24. The van der Waals surface area contributed by atoms with E-state index in [1.807, 2.05) is 19.1 Å². The number of pyridine rings is 1. The van der Waals surface area contributed by atoms with Crippen LogP contribution in [-0.2, 0) is 6.54 Å². The Kier molecular flexibility index (Phi) is 5.32. The average Bonchev–Trinajstić information content (AvgIpc) is 2.51. The number of rotatable bonds is 6. The SMILES string of the molecule is CCCNC(=O)c1cncc(NCc2cccc(C)c2)c1. The number of hydrogen-bond acceptors (Lipinski definition) is 3. The zero-order chi connectivity index (χ0) is 15.1. The van der Waals surface area contributed by atoms with Crippen LogP contribution < -0.4 is 10.6 Å². The minimum absolute atomic E-state index is 0.0800. The molecule has 0 aliphatic carbocycles. The second-order valence-corrected chi connectivity index (χ2v) is 5.06. The summed E-state index contributed by atoms with van der Waals surface area (Å²) in [5.41, 5.74) is 3.87. The zero-order valence-corrected chi connectivity index (χ0v) is 12.5. The van der Waals surface area contributed by atoms with Crippen LogP contribution in [0.3, 0.4) is 0 Å². The fraction of sp³-hybridized carbons (Fsp3) is 0.294. The predicted octanol–water partition coefficient (Wildman–Crippen LogP) is 3.14. The molecule has 0 bridgehead atoms. The Bertz CT molecular complexity index is 610. The summed E-state index contributed by atoms with van der Waals surface area (Å²) < 4.78 is 0.